The van der Waals surface area contributed by atoms with Gasteiger partial charge in [0.05, 0.1) is 0 Å². The molecule has 0 aliphatic carbocycles. The Balaban J connectivity index is 2.34. The fourth-order valence-electron chi connectivity index (χ4n) is 2.83. The smallest absolute Gasteiger partial charge is 0.354 e. The number of hydrogen-bond donors (Lipinski definition) is 1. The topological polar surface area (TPSA) is 55.1 Å². The molecule has 0 bridgehead atoms. The van der Waals surface area contributed by atoms with E-state index in [9.17, 15) is 9.90 Å². The van der Waals surface area contributed by atoms with Crippen LogP contribution in [0, 0.1) is 13.8 Å². The van der Waals surface area contributed by atoms with E-state index in [0.29, 0.717) is 5.39 Å². The van der Waals surface area contributed by atoms with Gasteiger partial charge >= 0.3 is 5.97 Å². The van der Waals surface area contributed by atoms with E-state index in [-0.39, 0.29) is 5.69 Å². The fraction of sp³-hybridized carbons (Fsp3) is 0.176. The Hall–Kier alpha value is -2.62. The summed E-state index contributed by atoms with van der Waals surface area (Å²) in [5, 5.41) is 14.4. The number of carboxylic acids is 1. The first-order valence-corrected chi connectivity index (χ1v) is 6.75. The number of fused-ring (bicyclic) bond motifs is 1. The molecule has 2 aromatic carbocycles. The third-order valence-electron chi connectivity index (χ3n) is 3.60. The van der Waals surface area contributed by atoms with Gasteiger partial charge in [-0.1, -0.05) is 47.5 Å². The highest BCUT2D eigenvalue weighted by Gasteiger charge is 2.18. The molecule has 0 saturated carbocycles. The van der Waals surface area contributed by atoms with Crippen molar-refractivity contribution in [1.29, 1.82) is 0 Å². The Morgan fingerprint density at radius 1 is 1.14 bits per heavy atom. The maximum Gasteiger partial charge on any atom is 0.354 e. The van der Waals surface area contributed by atoms with Gasteiger partial charge in [-0.15, -0.1) is 0 Å². The van der Waals surface area contributed by atoms with Crippen LogP contribution in [-0.2, 0) is 7.05 Å². The standard InChI is InChI=1S/C17H16N2O2/c1-10-7-11(2)9-12(8-10)13-5-4-6-14-15(13)18-19(3)16(14)17(20)21/h4-9H,1-3H3,(H,20,21). The summed E-state index contributed by atoms with van der Waals surface area (Å²) < 4.78 is 1.43. The van der Waals surface area contributed by atoms with Gasteiger partial charge in [0.15, 0.2) is 5.69 Å². The molecule has 1 aromatic heterocycles. The van der Waals surface area contributed by atoms with E-state index in [1.165, 1.54) is 15.8 Å². The molecular formula is C17H16N2O2. The maximum absolute atomic E-state index is 11.4. The molecule has 0 saturated heterocycles. The highest BCUT2D eigenvalue weighted by atomic mass is 16.4. The molecule has 3 aromatic rings. The molecule has 0 radical (unpaired) electrons. The minimum atomic E-state index is -0.961. The largest absolute Gasteiger partial charge is 0.477 e. The molecule has 0 fully saturated rings. The molecule has 0 amide bonds. The molecule has 21 heavy (non-hydrogen) atoms. The lowest BCUT2D eigenvalue weighted by Gasteiger charge is -2.06. The summed E-state index contributed by atoms with van der Waals surface area (Å²) in [6.07, 6.45) is 0. The molecule has 0 aliphatic heterocycles. The van der Waals surface area contributed by atoms with Crippen molar-refractivity contribution in [2.75, 3.05) is 0 Å². The third kappa shape index (κ3) is 2.18. The summed E-state index contributed by atoms with van der Waals surface area (Å²) in [6, 6.07) is 12.0. The van der Waals surface area contributed by atoms with E-state index >= 15 is 0 Å². The summed E-state index contributed by atoms with van der Waals surface area (Å²) in [6.45, 7) is 4.11. The van der Waals surface area contributed by atoms with Crippen LogP contribution in [0.4, 0.5) is 0 Å². The molecule has 0 unspecified atom stereocenters. The van der Waals surface area contributed by atoms with Gasteiger partial charge in [0, 0.05) is 18.0 Å². The highest BCUT2D eigenvalue weighted by Crippen LogP contribution is 2.30. The number of aromatic carboxylic acids is 1. The highest BCUT2D eigenvalue weighted by molar-refractivity contribution is 6.05. The first kappa shape index (κ1) is 13.4. The lowest BCUT2D eigenvalue weighted by molar-refractivity contribution is 0.0687. The average molecular weight is 280 g/mol. The van der Waals surface area contributed by atoms with Crippen LogP contribution in [0.15, 0.2) is 36.4 Å². The first-order chi connectivity index (χ1) is 9.97. The predicted molar refractivity (Wildman–Crippen MR) is 82.6 cm³/mol. The molecule has 0 aliphatic rings. The second-order valence-corrected chi connectivity index (χ2v) is 5.36. The van der Waals surface area contributed by atoms with Gasteiger partial charge in [-0.05, 0) is 19.4 Å². The van der Waals surface area contributed by atoms with Crippen molar-refractivity contribution in [3.05, 3.63) is 53.2 Å². The number of aryl methyl sites for hydroxylation is 3. The third-order valence-corrected chi connectivity index (χ3v) is 3.60. The van der Waals surface area contributed by atoms with Crippen molar-refractivity contribution in [3.8, 4) is 11.1 Å². The van der Waals surface area contributed by atoms with Gasteiger partial charge < -0.3 is 5.11 Å². The molecule has 4 nitrogen and oxygen atoms in total. The SMILES string of the molecule is Cc1cc(C)cc(-c2cccc3c(C(=O)O)n(C)nc23)c1. The zero-order valence-corrected chi connectivity index (χ0v) is 12.2. The Morgan fingerprint density at radius 3 is 2.43 bits per heavy atom. The number of carboxylic acid groups (broad SMARTS) is 1. The Labute approximate surface area is 122 Å². The van der Waals surface area contributed by atoms with Gasteiger partial charge in [-0.25, -0.2) is 4.79 Å². The normalized spacial score (nSPS) is 11.0. The van der Waals surface area contributed by atoms with Crippen LogP contribution >= 0.6 is 0 Å². The van der Waals surface area contributed by atoms with Crippen molar-refractivity contribution < 1.29 is 9.90 Å². The summed E-state index contributed by atoms with van der Waals surface area (Å²) in [4.78, 5) is 11.4. The molecule has 1 N–H and O–H groups in total. The monoisotopic (exact) mass is 280 g/mol. The second-order valence-electron chi connectivity index (χ2n) is 5.36. The van der Waals surface area contributed by atoms with Crippen molar-refractivity contribution in [2.24, 2.45) is 7.05 Å². The lowest BCUT2D eigenvalue weighted by atomic mass is 9.98. The molecular weight excluding hydrogens is 264 g/mol. The Morgan fingerprint density at radius 2 is 1.81 bits per heavy atom. The zero-order chi connectivity index (χ0) is 15.1. The average Bonchev–Trinajstić information content (AvgIpc) is 2.73. The molecule has 106 valence electrons. The molecule has 1 heterocycles. The van der Waals surface area contributed by atoms with Crippen molar-refractivity contribution in [1.82, 2.24) is 9.78 Å². The predicted octanol–water partition coefficient (Wildman–Crippen LogP) is 3.56. The van der Waals surface area contributed by atoms with Crippen LogP contribution in [0.2, 0.25) is 0 Å². The first-order valence-electron chi connectivity index (χ1n) is 6.75. The zero-order valence-electron chi connectivity index (χ0n) is 12.2. The van der Waals surface area contributed by atoms with E-state index in [0.717, 1.165) is 16.6 Å². The number of aromatic nitrogens is 2. The number of carbonyl (C=O) groups is 1. The summed E-state index contributed by atoms with van der Waals surface area (Å²) in [5.41, 5.74) is 5.32. The van der Waals surface area contributed by atoms with Gasteiger partial charge in [-0.3, -0.25) is 4.68 Å². The summed E-state index contributed by atoms with van der Waals surface area (Å²) >= 11 is 0. The molecule has 0 atom stereocenters. The van der Waals surface area contributed by atoms with E-state index < -0.39 is 5.97 Å². The summed E-state index contributed by atoms with van der Waals surface area (Å²) in [5.74, 6) is -0.961. The van der Waals surface area contributed by atoms with Gasteiger partial charge in [0.2, 0.25) is 0 Å². The molecule has 0 spiro atoms. The van der Waals surface area contributed by atoms with Crippen molar-refractivity contribution in [3.63, 3.8) is 0 Å². The Bertz CT molecular complexity index is 842. The quantitative estimate of drug-likeness (QED) is 0.781. The lowest BCUT2D eigenvalue weighted by Crippen LogP contribution is -2.05. The van der Waals surface area contributed by atoms with E-state index in [1.54, 1.807) is 13.1 Å². The van der Waals surface area contributed by atoms with Crippen LogP contribution < -0.4 is 0 Å². The summed E-state index contributed by atoms with van der Waals surface area (Å²) in [7, 11) is 1.66. The van der Waals surface area contributed by atoms with Gasteiger partial charge in [0.1, 0.15) is 5.52 Å². The van der Waals surface area contributed by atoms with Crippen LogP contribution in [-0.4, -0.2) is 20.9 Å². The number of hydrogen-bond acceptors (Lipinski definition) is 2. The number of benzene rings is 2. The van der Waals surface area contributed by atoms with Crippen LogP contribution in [0.1, 0.15) is 21.6 Å². The second kappa shape index (κ2) is 4.74. The van der Waals surface area contributed by atoms with Crippen molar-refractivity contribution >= 4 is 16.9 Å². The maximum atomic E-state index is 11.4. The molecule has 4 heteroatoms. The molecule has 3 rings (SSSR count). The minimum Gasteiger partial charge on any atom is -0.477 e. The van der Waals surface area contributed by atoms with Crippen LogP contribution in [0.3, 0.4) is 0 Å². The fourth-order valence-corrected chi connectivity index (χ4v) is 2.83. The van der Waals surface area contributed by atoms with Crippen molar-refractivity contribution in [2.45, 2.75) is 13.8 Å². The van der Waals surface area contributed by atoms with Gasteiger partial charge in [-0.2, -0.15) is 5.10 Å². The number of nitrogens with zero attached hydrogens (tertiary/aromatic N) is 2. The van der Waals surface area contributed by atoms with E-state index in [4.69, 9.17) is 0 Å². The van der Waals surface area contributed by atoms with Gasteiger partial charge in [0.25, 0.3) is 0 Å². The Kier molecular flexibility index (Phi) is 3.01. The minimum absolute atomic E-state index is 0.219. The van der Waals surface area contributed by atoms with Crippen LogP contribution in [0.5, 0.6) is 0 Å². The number of rotatable bonds is 2. The van der Waals surface area contributed by atoms with Crippen LogP contribution in [0.25, 0.3) is 22.0 Å². The van der Waals surface area contributed by atoms with E-state index in [2.05, 4.69) is 37.1 Å². The van der Waals surface area contributed by atoms with E-state index in [1.807, 2.05) is 12.1 Å².